The molecule has 3 heterocycles. The largest absolute Gasteiger partial charge is 0.458 e. The van der Waals surface area contributed by atoms with Crippen LogP contribution in [-0.4, -0.2) is 57.2 Å². The van der Waals surface area contributed by atoms with Gasteiger partial charge in [0, 0.05) is 12.8 Å². The van der Waals surface area contributed by atoms with Gasteiger partial charge >= 0.3 is 5.97 Å². The zero-order valence-corrected chi connectivity index (χ0v) is 17.5. The van der Waals surface area contributed by atoms with Crippen LogP contribution in [0.25, 0.3) is 0 Å². The van der Waals surface area contributed by atoms with Gasteiger partial charge < -0.3 is 23.4 Å². The highest BCUT2D eigenvalue weighted by Gasteiger charge is 2.51. The van der Waals surface area contributed by atoms with Gasteiger partial charge in [-0.2, -0.15) is 0 Å². The summed E-state index contributed by atoms with van der Waals surface area (Å²) >= 11 is 0. The first kappa shape index (κ1) is 19.3. The van der Waals surface area contributed by atoms with E-state index in [0.29, 0.717) is 19.4 Å². The van der Waals surface area contributed by atoms with Gasteiger partial charge in [-0.15, -0.1) is 0 Å². The average Bonchev–Trinajstić information content (AvgIpc) is 2.44. The van der Waals surface area contributed by atoms with Crippen LogP contribution < -0.4 is 0 Å². The normalized spacial score (nSPS) is 38.5. The molecule has 0 bridgehead atoms. The van der Waals surface area contributed by atoms with Crippen LogP contribution in [0.2, 0.25) is 18.1 Å². The van der Waals surface area contributed by atoms with Crippen molar-refractivity contribution in [2.75, 3.05) is 6.61 Å². The van der Waals surface area contributed by atoms with Gasteiger partial charge in [-0.3, -0.25) is 0 Å². The number of hydrogen-bond donors (Lipinski definition) is 0. The van der Waals surface area contributed by atoms with Gasteiger partial charge in [0.05, 0.1) is 18.8 Å². The van der Waals surface area contributed by atoms with Crippen LogP contribution in [0.1, 0.15) is 47.5 Å². The Balaban J connectivity index is 1.66. The van der Waals surface area contributed by atoms with E-state index in [1.165, 1.54) is 0 Å². The summed E-state index contributed by atoms with van der Waals surface area (Å²) in [5, 5.41) is 0.0410. The second-order valence-corrected chi connectivity index (χ2v) is 14.1. The fourth-order valence-electron chi connectivity index (χ4n) is 3.38. The average molecular weight is 373 g/mol. The molecular weight excluding hydrogens is 340 g/mol. The number of fused-ring (bicyclic) bond motifs is 2. The van der Waals surface area contributed by atoms with E-state index in [9.17, 15) is 4.79 Å². The van der Waals surface area contributed by atoms with Gasteiger partial charge in [0.1, 0.15) is 18.3 Å². The van der Waals surface area contributed by atoms with E-state index in [1.807, 2.05) is 13.8 Å². The first-order chi connectivity index (χ1) is 11.4. The summed E-state index contributed by atoms with van der Waals surface area (Å²) in [6.45, 7) is 15.1. The molecule has 0 aromatic carbocycles. The first-order valence-electron chi connectivity index (χ1n) is 9.23. The van der Waals surface area contributed by atoms with Gasteiger partial charge in [-0.05, 0) is 32.0 Å². The van der Waals surface area contributed by atoms with Crippen LogP contribution in [0.3, 0.4) is 0 Å². The molecule has 3 aliphatic heterocycles. The zero-order chi connectivity index (χ0) is 18.6. The summed E-state index contributed by atoms with van der Waals surface area (Å²) < 4.78 is 29.8. The van der Waals surface area contributed by atoms with Gasteiger partial charge in [0.15, 0.2) is 14.1 Å². The molecule has 0 spiro atoms. The van der Waals surface area contributed by atoms with Gasteiger partial charge in [0.2, 0.25) is 0 Å². The van der Waals surface area contributed by atoms with Crippen molar-refractivity contribution in [2.45, 2.75) is 102 Å². The standard InChI is InChI=1S/C18H32O6Si/c1-17(2,3)25(6,7)24-14-9-11-12(22-16(14)19)8-13-15(21-11)10-20-18(4,5)23-13/h11-15H,8-10H2,1-7H3/t11-,12+,13-,14+,15+/m0/s1. The van der Waals surface area contributed by atoms with Crippen molar-refractivity contribution in [1.82, 2.24) is 0 Å². The van der Waals surface area contributed by atoms with Crippen LogP contribution in [-0.2, 0) is 28.2 Å². The van der Waals surface area contributed by atoms with E-state index < -0.39 is 20.2 Å². The minimum atomic E-state index is -2.05. The molecule has 0 amide bonds. The monoisotopic (exact) mass is 372 g/mol. The minimum absolute atomic E-state index is 0.0410. The van der Waals surface area contributed by atoms with E-state index in [2.05, 4.69) is 33.9 Å². The molecule has 0 aromatic heterocycles. The van der Waals surface area contributed by atoms with E-state index in [1.54, 1.807) is 0 Å². The molecule has 7 heteroatoms. The molecule has 0 saturated carbocycles. The maximum Gasteiger partial charge on any atom is 0.334 e. The maximum absolute atomic E-state index is 12.5. The fraction of sp³-hybridized carbons (Fsp3) is 0.944. The Morgan fingerprint density at radius 3 is 2.40 bits per heavy atom. The van der Waals surface area contributed by atoms with Crippen molar-refractivity contribution in [1.29, 1.82) is 0 Å². The molecule has 0 radical (unpaired) electrons. The van der Waals surface area contributed by atoms with Crippen molar-refractivity contribution in [2.24, 2.45) is 0 Å². The summed E-state index contributed by atoms with van der Waals surface area (Å²) in [4.78, 5) is 12.5. The Hall–Kier alpha value is -0.473. The van der Waals surface area contributed by atoms with Crippen molar-refractivity contribution >= 4 is 14.3 Å². The molecule has 25 heavy (non-hydrogen) atoms. The van der Waals surface area contributed by atoms with Crippen LogP contribution in [0, 0.1) is 0 Å². The molecule has 144 valence electrons. The molecule has 0 N–H and O–H groups in total. The second kappa shape index (κ2) is 6.30. The van der Waals surface area contributed by atoms with Crippen LogP contribution in [0.15, 0.2) is 0 Å². The first-order valence-corrected chi connectivity index (χ1v) is 12.1. The highest BCUT2D eigenvalue weighted by Crippen LogP contribution is 2.41. The molecular formula is C18H32O6Si. The predicted molar refractivity (Wildman–Crippen MR) is 94.7 cm³/mol. The molecule has 3 aliphatic rings. The smallest absolute Gasteiger partial charge is 0.334 e. The Morgan fingerprint density at radius 1 is 1.08 bits per heavy atom. The van der Waals surface area contributed by atoms with Crippen molar-refractivity contribution in [3.05, 3.63) is 0 Å². The minimum Gasteiger partial charge on any atom is -0.458 e. The lowest BCUT2D eigenvalue weighted by molar-refractivity contribution is -0.340. The highest BCUT2D eigenvalue weighted by atomic mass is 28.4. The lowest BCUT2D eigenvalue weighted by atomic mass is 9.92. The third-order valence-corrected chi connectivity index (χ3v) is 10.4. The Morgan fingerprint density at radius 2 is 1.76 bits per heavy atom. The summed E-state index contributed by atoms with van der Waals surface area (Å²) in [6, 6.07) is 0. The lowest BCUT2D eigenvalue weighted by Gasteiger charge is -2.50. The third kappa shape index (κ3) is 3.95. The van der Waals surface area contributed by atoms with E-state index in [-0.39, 0.29) is 35.4 Å². The Labute approximate surface area is 151 Å². The summed E-state index contributed by atoms with van der Waals surface area (Å²) in [5.74, 6) is -0.885. The summed E-state index contributed by atoms with van der Waals surface area (Å²) in [5.41, 5.74) is 0. The molecule has 0 aliphatic carbocycles. The topological polar surface area (TPSA) is 63.2 Å². The number of esters is 1. The molecule has 3 fully saturated rings. The molecule has 3 rings (SSSR count). The quantitative estimate of drug-likeness (QED) is 0.548. The number of carbonyl (C=O) groups excluding carboxylic acids is 1. The Kier molecular flexibility index (Phi) is 4.86. The molecule has 0 aromatic rings. The van der Waals surface area contributed by atoms with Crippen LogP contribution >= 0.6 is 0 Å². The van der Waals surface area contributed by atoms with Crippen molar-refractivity contribution in [3.63, 3.8) is 0 Å². The number of hydrogen-bond acceptors (Lipinski definition) is 6. The molecule has 0 unspecified atom stereocenters. The summed E-state index contributed by atoms with van der Waals surface area (Å²) in [6.07, 6.45) is 0.0309. The van der Waals surface area contributed by atoms with Crippen LogP contribution in [0.4, 0.5) is 0 Å². The SMILES string of the molecule is CC1(C)OC[C@H]2O[C@H]3C[C@@H](O[Si](C)(C)C(C)(C)C)C(=O)O[C@@H]3C[C@@H]2O1. The van der Waals surface area contributed by atoms with Gasteiger partial charge in [-0.25, -0.2) is 4.79 Å². The van der Waals surface area contributed by atoms with Gasteiger partial charge in [0.25, 0.3) is 0 Å². The van der Waals surface area contributed by atoms with E-state index in [4.69, 9.17) is 23.4 Å². The van der Waals surface area contributed by atoms with Crippen LogP contribution in [0.5, 0.6) is 0 Å². The zero-order valence-electron chi connectivity index (χ0n) is 16.5. The summed E-state index contributed by atoms with van der Waals surface area (Å²) in [7, 11) is -2.05. The molecule has 6 nitrogen and oxygen atoms in total. The molecule has 3 saturated heterocycles. The third-order valence-electron chi connectivity index (χ3n) is 5.89. The van der Waals surface area contributed by atoms with Gasteiger partial charge in [-0.1, -0.05) is 20.8 Å². The van der Waals surface area contributed by atoms with E-state index >= 15 is 0 Å². The predicted octanol–water partition coefficient (Wildman–Crippen LogP) is 3.00. The fourth-order valence-corrected chi connectivity index (χ4v) is 4.63. The molecule has 5 atom stereocenters. The number of ether oxygens (including phenoxy) is 4. The van der Waals surface area contributed by atoms with Crippen molar-refractivity contribution < 1.29 is 28.2 Å². The second-order valence-electron chi connectivity index (χ2n) is 9.39. The highest BCUT2D eigenvalue weighted by molar-refractivity contribution is 6.74. The lowest BCUT2D eigenvalue weighted by Crippen LogP contribution is -2.61. The van der Waals surface area contributed by atoms with E-state index in [0.717, 1.165) is 0 Å². The maximum atomic E-state index is 12.5. The number of carbonyl (C=O) groups is 1. The number of rotatable bonds is 2. The Bertz CT molecular complexity index is 526. The van der Waals surface area contributed by atoms with Crippen molar-refractivity contribution in [3.8, 4) is 0 Å².